The van der Waals surface area contributed by atoms with Gasteiger partial charge in [-0.3, -0.25) is 9.89 Å². The van der Waals surface area contributed by atoms with Crippen LogP contribution in [0.2, 0.25) is 0 Å². The molecule has 6 heteroatoms. The van der Waals surface area contributed by atoms with Crippen LogP contribution in [0.1, 0.15) is 28.9 Å². The molecule has 0 aliphatic heterocycles. The van der Waals surface area contributed by atoms with Crippen LogP contribution in [0.5, 0.6) is 0 Å². The number of hydrogen-bond acceptors (Lipinski definition) is 4. The highest BCUT2D eigenvalue weighted by molar-refractivity contribution is 5.93. The van der Waals surface area contributed by atoms with Gasteiger partial charge in [-0.1, -0.05) is 29.8 Å². The molecule has 1 saturated carbocycles. The van der Waals surface area contributed by atoms with Gasteiger partial charge in [0.25, 0.3) is 5.91 Å². The van der Waals surface area contributed by atoms with Crippen molar-refractivity contribution in [3.63, 3.8) is 0 Å². The highest BCUT2D eigenvalue weighted by atomic mass is 16.5. The zero-order valence-electron chi connectivity index (χ0n) is 13.8. The van der Waals surface area contributed by atoms with Crippen LogP contribution in [-0.2, 0) is 4.74 Å². The molecule has 1 aliphatic rings. The molecule has 1 amide bonds. The molecule has 1 fully saturated rings. The quantitative estimate of drug-likeness (QED) is 0.690. The smallest absolute Gasteiger partial charge is 0.269 e. The van der Waals surface area contributed by atoms with Crippen LogP contribution in [0, 0.1) is 12.8 Å². The Hall–Kier alpha value is -2.18. The van der Waals surface area contributed by atoms with Gasteiger partial charge in [-0.05, 0) is 31.7 Å². The number of aliphatic hydroxyl groups is 1. The van der Waals surface area contributed by atoms with Crippen LogP contribution in [0.3, 0.4) is 0 Å². The van der Waals surface area contributed by atoms with Gasteiger partial charge in [0.05, 0.1) is 18.4 Å². The first-order chi connectivity index (χ1) is 11.6. The lowest BCUT2D eigenvalue weighted by atomic mass is 10.1. The van der Waals surface area contributed by atoms with E-state index in [9.17, 15) is 9.90 Å². The highest BCUT2D eigenvalue weighted by Crippen LogP contribution is 2.28. The van der Waals surface area contributed by atoms with E-state index in [-0.39, 0.29) is 19.1 Å². The number of amides is 1. The lowest BCUT2D eigenvalue weighted by molar-refractivity contribution is 0.0320. The molecular weight excluding hydrogens is 306 g/mol. The lowest BCUT2D eigenvalue weighted by Crippen LogP contribution is -2.34. The average Bonchev–Trinajstić information content (AvgIpc) is 3.27. The van der Waals surface area contributed by atoms with E-state index in [0.29, 0.717) is 23.9 Å². The number of carbonyl (C=O) groups is 1. The number of nitrogens with zero attached hydrogens (tertiary/aromatic N) is 1. The van der Waals surface area contributed by atoms with Crippen molar-refractivity contribution < 1.29 is 14.6 Å². The van der Waals surface area contributed by atoms with E-state index in [1.165, 1.54) is 18.4 Å². The van der Waals surface area contributed by atoms with Gasteiger partial charge in [0, 0.05) is 18.7 Å². The Morgan fingerprint density at radius 2 is 2.17 bits per heavy atom. The van der Waals surface area contributed by atoms with Gasteiger partial charge < -0.3 is 15.2 Å². The summed E-state index contributed by atoms with van der Waals surface area (Å²) in [6, 6.07) is 9.64. The zero-order chi connectivity index (χ0) is 16.9. The Bertz CT molecular complexity index is 677. The number of benzene rings is 1. The van der Waals surface area contributed by atoms with Crippen molar-refractivity contribution in [3.05, 3.63) is 41.6 Å². The van der Waals surface area contributed by atoms with E-state index in [1.54, 1.807) is 6.07 Å². The highest BCUT2D eigenvalue weighted by Gasteiger charge is 2.21. The second-order valence-electron chi connectivity index (χ2n) is 6.38. The SMILES string of the molecule is Cc1ccc(-c2cc(C(=O)NCC(O)COCC3CC3)[nH]n2)cc1. The molecule has 1 aliphatic carbocycles. The number of aromatic amines is 1. The largest absolute Gasteiger partial charge is 0.389 e. The number of ether oxygens (including phenoxy) is 1. The standard InChI is InChI=1S/C18H23N3O3/c1-12-2-6-14(7-3-12)16-8-17(21-20-16)18(23)19-9-15(22)11-24-10-13-4-5-13/h2-3,6-8,13,15,22H,4-5,9-11H2,1H3,(H,19,23)(H,20,21). The second-order valence-corrected chi connectivity index (χ2v) is 6.38. The minimum atomic E-state index is -0.702. The van der Waals surface area contributed by atoms with Crippen molar-refractivity contribution in [1.29, 1.82) is 0 Å². The molecule has 2 aromatic rings. The van der Waals surface area contributed by atoms with Crippen molar-refractivity contribution in [3.8, 4) is 11.3 Å². The van der Waals surface area contributed by atoms with Gasteiger partial charge in [-0.15, -0.1) is 0 Å². The molecule has 24 heavy (non-hydrogen) atoms. The summed E-state index contributed by atoms with van der Waals surface area (Å²) in [6.07, 6.45) is 1.73. The van der Waals surface area contributed by atoms with Gasteiger partial charge in [0.2, 0.25) is 0 Å². The molecule has 1 atom stereocenters. The van der Waals surface area contributed by atoms with Gasteiger partial charge in [-0.25, -0.2) is 0 Å². The zero-order valence-corrected chi connectivity index (χ0v) is 13.8. The maximum Gasteiger partial charge on any atom is 0.269 e. The monoisotopic (exact) mass is 329 g/mol. The summed E-state index contributed by atoms with van der Waals surface area (Å²) in [5, 5.41) is 19.4. The van der Waals surface area contributed by atoms with Crippen molar-refractivity contribution >= 4 is 5.91 Å². The van der Waals surface area contributed by atoms with Gasteiger partial charge in [-0.2, -0.15) is 5.10 Å². The normalized spacial score (nSPS) is 15.2. The first-order valence-corrected chi connectivity index (χ1v) is 8.28. The van der Waals surface area contributed by atoms with Crippen LogP contribution in [0.4, 0.5) is 0 Å². The minimum Gasteiger partial charge on any atom is -0.389 e. The summed E-state index contributed by atoms with van der Waals surface area (Å²) >= 11 is 0. The molecule has 3 N–H and O–H groups in total. The molecule has 1 aromatic carbocycles. The molecule has 1 aromatic heterocycles. The number of rotatable bonds is 8. The Balaban J connectivity index is 1.47. The molecule has 0 spiro atoms. The van der Waals surface area contributed by atoms with Crippen LogP contribution < -0.4 is 5.32 Å². The van der Waals surface area contributed by atoms with Crippen LogP contribution >= 0.6 is 0 Å². The third kappa shape index (κ3) is 4.66. The predicted molar refractivity (Wildman–Crippen MR) is 90.6 cm³/mol. The summed E-state index contributed by atoms with van der Waals surface area (Å²) in [5.74, 6) is 0.374. The topological polar surface area (TPSA) is 87.2 Å². The van der Waals surface area contributed by atoms with Gasteiger partial charge in [0.1, 0.15) is 5.69 Å². The number of H-pyrrole nitrogens is 1. The minimum absolute atomic E-state index is 0.155. The number of aryl methyl sites for hydroxylation is 1. The van der Waals surface area contributed by atoms with Crippen molar-refractivity contribution in [2.24, 2.45) is 5.92 Å². The Morgan fingerprint density at radius 3 is 2.88 bits per heavy atom. The summed E-state index contributed by atoms with van der Waals surface area (Å²) in [5.41, 5.74) is 3.21. The average molecular weight is 329 g/mol. The number of aromatic nitrogens is 2. The van der Waals surface area contributed by atoms with Crippen molar-refractivity contribution in [1.82, 2.24) is 15.5 Å². The van der Waals surface area contributed by atoms with E-state index < -0.39 is 6.10 Å². The van der Waals surface area contributed by atoms with Gasteiger partial charge in [0.15, 0.2) is 0 Å². The number of carbonyl (C=O) groups excluding carboxylic acids is 1. The fourth-order valence-corrected chi connectivity index (χ4v) is 2.33. The fourth-order valence-electron chi connectivity index (χ4n) is 2.33. The molecular formula is C18H23N3O3. The molecule has 3 rings (SSSR count). The van der Waals surface area contributed by atoms with E-state index in [4.69, 9.17) is 4.74 Å². The van der Waals surface area contributed by atoms with E-state index in [2.05, 4.69) is 15.5 Å². The van der Waals surface area contributed by atoms with Crippen molar-refractivity contribution in [2.45, 2.75) is 25.9 Å². The lowest BCUT2D eigenvalue weighted by Gasteiger charge is -2.11. The molecule has 128 valence electrons. The van der Waals surface area contributed by atoms with E-state index in [0.717, 1.165) is 5.56 Å². The second kappa shape index (κ2) is 7.59. The van der Waals surface area contributed by atoms with E-state index >= 15 is 0 Å². The third-order valence-corrected chi connectivity index (χ3v) is 4.03. The predicted octanol–water partition coefficient (Wildman–Crippen LogP) is 1.90. The Morgan fingerprint density at radius 1 is 1.42 bits per heavy atom. The first kappa shape index (κ1) is 16.7. The first-order valence-electron chi connectivity index (χ1n) is 8.28. The summed E-state index contributed by atoms with van der Waals surface area (Å²) in [4.78, 5) is 12.1. The van der Waals surface area contributed by atoms with Crippen LogP contribution in [0.15, 0.2) is 30.3 Å². The van der Waals surface area contributed by atoms with Crippen LogP contribution in [0.25, 0.3) is 11.3 Å². The summed E-state index contributed by atoms with van der Waals surface area (Å²) < 4.78 is 5.41. The molecule has 0 radical (unpaired) electrons. The third-order valence-electron chi connectivity index (χ3n) is 4.03. The molecule has 1 unspecified atom stereocenters. The molecule has 0 bridgehead atoms. The van der Waals surface area contributed by atoms with Gasteiger partial charge >= 0.3 is 0 Å². The van der Waals surface area contributed by atoms with Crippen LogP contribution in [-0.4, -0.2) is 47.1 Å². The Kier molecular flexibility index (Phi) is 5.27. The number of hydrogen-bond donors (Lipinski definition) is 3. The molecule has 6 nitrogen and oxygen atoms in total. The molecule has 1 heterocycles. The van der Waals surface area contributed by atoms with E-state index in [1.807, 2.05) is 31.2 Å². The van der Waals surface area contributed by atoms with Crippen molar-refractivity contribution in [2.75, 3.05) is 19.8 Å². The number of aliphatic hydroxyl groups excluding tert-OH is 1. The maximum absolute atomic E-state index is 12.1. The maximum atomic E-state index is 12.1. The summed E-state index contributed by atoms with van der Waals surface area (Å²) in [7, 11) is 0. The fraction of sp³-hybridized carbons (Fsp3) is 0.444. The molecule has 0 saturated heterocycles. The Labute approximate surface area is 141 Å². The summed E-state index contributed by atoms with van der Waals surface area (Å²) in [6.45, 7) is 3.12. The number of nitrogens with one attached hydrogen (secondary N) is 2.